The van der Waals surface area contributed by atoms with Crippen molar-refractivity contribution in [3.63, 3.8) is 0 Å². The van der Waals surface area contributed by atoms with Gasteiger partial charge in [0.2, 0.25) is 6.79 Å². The first-order valence-electron chi connectivity index (χ1n) is 11.2. The Morgan fingerprint density at radius 2 is 1.71 bits per heavy atom. The molecule has 1 unspecified atom stereocenters. The average Bonchev–Trinajstić information content (AvgIpc) is 3.33. The van der Waals surface area contributed by atoms with Crippen LogP contribution in [0.15, 0.2) is 60.7 Å². The molecule has 3 aromatic carbocycles. The van der Waals surface area contributed by atoms with Gasteiger partial charge in [-0.3, -0.25) is 0 Å². The molecule has 0 aliphatic carbocycles. The molecule has 0 aromatic heterocycles. The second-order valence-corrected chi connectivity index (χ2v) is 7.74. The highest BCUT2D eigenvalue weighted by molar-refractivity contribution is 5.71. The first kappa shape index (κ1) is 23.3. The van der Waals surface area contributed by atoms with Crippen LogP contribution in [0, 0.1) is 0 Å². The first-order valence-corrected chi connectivity index (χ1v) is 11.2. The van der Waals surface area contributed by atoms with Gasteiger partial charge in [-0.2, -0.15) is 0 Å². The molecule has 0 bridgehead atoms. The van der Waals surface area contributed by atoms with E-state index in [4.69, 9.17) is 28.4 Å². The number of carbonyl (C=O) groups is 1. The van der Waals surface area contributed by atoms with E-state index in [9.17, 15) is 4.79 Å². The summed E-state index contributed by atoms with van der Waals surface area (Å²) in [7, 11) is 1.62. The van der Waals surface area contributed by atoms with Gasteiger partial charge in [-0.15, -0.1) is 0 Å². The summed E-state index contributed by atoms with van der Waals surface area (Å²) in [5.74, 6) is 2.52. The lowest BCUT2D eigenvalue weighted by molar-refractivity contribution is -0.145. The smallest absolute Gasteiger partial charge is 0.344 e. The lowest BCUT2D eigenvalue weighted by atomic mass is 9.91. The molecule has 178 valence electrons. The van der Waals surface area contributed by atoms with Crippen LogP contribution >= 0.6 is 0 Å². The number of carbonyl (C=O) groups excluding carboxylic acids is 1. The SMILES string of the molecule is CCOC(=O)COc1cc2c(cc1C(C)c1ccc(OCc3ccccc3)c(OC)c1)OCO2. The summed E-state index contributed by atoms with van der Waals surface area (Å²) in [6.07, 6.45) is 0. The summed E-state index contributed by atoms with van der Waals surface area (Å²) in [4.78, 5) is 11.9. The Morgan fingerprint density at radius 1 is 0.941 bits per heavy atom. The highest BCUT2D eigenvalue weighted by Gasteiger charge is 2.23. The van der Waals surface area contributed by atoms with Crippen LogP contribution in [0.1, 0.15) is 36.5 Å². The van der Waals surface area contributed by atoms with E-state index >= 15 is 0 Å². The molecule has 0 spiro atoms. The van der Waals surface area contributed by atoms with Crippen molar-refractivity contribution >= 4 is 5.97 Å². The molecule has 0 N–H and O–H groups in total. The van der Waals surface area contributed by atoms with Gasteiger partial charge in [0.15, 0.2) is 29.6 Å². The van der Waals surface area contributed by atoms with Crippen molar-refractivity contribution in [3.05, 3.63) is 77.4 Å². The van der Waals surface area contributed by atoms with Crippen molar-refractivity contribution in [1.29, 1.82) is 0 Å². The van der Waals surface area contributed by atoms with Gasteiger partial charge >= 0.3 is 5.97 Å². The van der Waals surface area contributed by atoms with Crippen molar-refractivity contribution < 1.29 is 33.2 Å². The van der Waals surface area contributed by atoms with Crippen molar-refractivity contribution in [2.75, 3.05) is 27.1 Å². The Bertz CT molecular complexity index is 1130. The molecule has 1 aliphatic heterocycles. The predicted octanol–water partition coefficient (Wildman–Crippen LogP) is 5.10. The molecular weight excluding hydrogens is 436 g/mol. The van der Waals surface area contributed by atoms with E-state index in [0.717, 1.165) is 16.7 Å². The number of hydrogen-bond donors (Lipinski definition) is 0. The van der Waals surface area contributed by atoms with Crippen molar-refractivity contribution in [2.45, 2.75) is 26.4 Å². The molecule has 4 rings (SSSR count). The van der Waals surface area contributed by atoms with Crippen molar-refractivity contribution in [2.24, 2.45) is 0 Å². The largest absolute Gasteiger partial charge is 0.493 e. The van der Waals surface area contributed by atoms with Crippen LogP contribution < -0.4 is 23.7 Å². The first-order chi connectivity index (χ1) is 16.6. The molecule has 1 aliphatic rings. The molecule has 7 nitrogen and oxygen atoms in total. The minimum absolute atomic E-state index is 0.0937. The Hall–Kier alpha value is -3.87. The standard InChI is InChI=1S/C27H28O7/c1-4-30-27(28)16-32-23-14-26-25(33-17-34-26)13-21(23)18(2)20-10-11-22(24(12-20)29-3)31-15-19-8-6-5-7-9-19/h5-14,18H,4,15-17H2,1-3H3. The number of ether oxygens (including phenoxy) is 6. The quantitative estimate of drug-likeness (QED) is 0.387. The highest BCUT2D eigenvalue weighted by atomic mass is 16.7. The van der Waals surface area contributed by atoms with Gasteiger partial charge in [0.1, 0.15) is 12.4 Å². The lowest BCUT2D eigenvalue weighted by Crippen LogP contribution is -2.15. The second kappa shape index (κ2) is 10.8. The molecule has 3 aromatic rings. The Kier molecular flexibility index (Phi) is 7.42. The summed E-state index contributed by atoms with van der Waals surface area (Å²) >= 11 is 0. The van der Waals surface area contributed by atoms with Crippen LogP contribution in [0.2, 0.25) is 0 Å². The highest BCUT2D eigenvalue weighted by Crippen LogP contribution is 2.43. The van der Waals surface area contributed by atoms with E-state index in [1.807, 2.05) is 61.5 Å². The number of hydrogen-bond acceptors (Lipinski definition) is 7. The molecule has 34 heavy (non-hydrogen) atoms. The fraction of sp³-hybridized carbons (Fsp3) is 0.296. The number of rotatable bonds is 10. The Balaban J connectivity index is 1.57. The third kappa shape index (κ3) is 5.36. The van der Waals surface area contributed by atoms with Crippen molar-refractivity contribution in [3.8, 4) is 28.7 Å². The molecule has 0 saturated carbocycles. The van der Waals surface area contributed by atoms with Gasteiger partial charge in [0, 0.05) is 17.5 Å². The third-order valence-electron chi connectivity index (χ3n) is 5.55. The summed E-state index contributed by atoms with van der Waals surface area (Å²) in [6.45, 7) is 4.50. The second-order valence-electron chi connectivity index (χ2n) is 7.74. The monoisotopic (exact) mass is 464 g/mol. The Labute approximate surface area is 199 Å². The molecule has 0 radical (unpaired) electrons. The fourth-order valence-corrected chi connectivity index (χ4v) is 3.73. The van der Waals surface area contributed by atoms with Crippen LogP contribution in [-0.2, 0) is 16.1 Å². The molecule has 0 amide bonds. The average molecular weight is 465 g/mol. The van der Waals surface area contributed by atoms with E-state index in [1.165, 1.54) is 0 Å². The van der Waals surface area contributed by atoms with Gasteiger partial charge < -0.3 is 28.4 Å². The van der Waals surface area contributed by atoms with Crippen LogP contribution in [0.5, 0.6) is 28.7 Å². The molecule has 1 heterocycles. The maximum atomic E-state index is 11.9. The summed E-state index contributed by atoms with van der Waals surface area (Å²) in [5.41, 5.74) is 2.92. The van der Waals surface area contributed by atoms with Gasteiger partial charge in [-0.25, -0.2) is 4.79 Å². The number of esters is 1. The fourth-order valence-electron chi connectivity index (χ4n) is 3.73. The van der Waals surface area contributed by atoms with Crippen LogP contribution in [0.3, 0.4) is 0 Å². The van der Waals surface area contributed by atoms with E-state index in [2.05, 4.69) is 0 Å². The molecule has 7 heteroatoms. The lowest BCUT2D eigenvalue weighted by Gasteiger charge is -2.19. The molecule has 0 saturated heterocycles. The zero-order chi connectivity index (χ0) is 23.9. The molecule has 1 atom stereocenters. The van der Waals surface area contributed by atoms with E-state index in [0.29, 0.717) is 42.0 Å². The van der Waals surface area contributed by atoms with Gasteiger partial charge in [-0.1, -0.05) is 43.3 Å². The number of methoxy groups -OCH3 is 1. The third-order valence-corrected chi connectivity index (χ3v) is 5.55. The van der Waals surface area contributed by atoms with Crippen LogP contribution in [0.4, 0.5) is 0 Å². The van der Waals surface area contributed by atoms with Crippen molar-refractivity contribution in [1.82, 2.24) is 0 Å². The minimum Gasteiger partial charge on any atom is -0.493 e. The van der Waals surface area contributed by atoms with Gasteiger partial charge in [-0.05, 0) is 36.2 Å². The van der Waals surface area contributed by atoms with E-state index < -0.39 is 5.97 Å². The Morgan fingerprint density at radius 3 is 2.44 bits per heavy atom. The zero-order valence-electron chi connectivity index (χ0n) is 19.5. The van der Waals surface area contributed by atoms with E-state index in [1.54, 1.807) is 20.1 Å². The normalized spacial score (nSPS) is 12.7. The minimum atomic E-state index is -0.430. The topological polar surface area (TPSA) is 72.5 Å². The summed E-state index contributed by atoms with van der Waals surface area (Å²) < 4.78 is 33.5. The van der Waals surface area contributed by atoms with Gasteiger partial charge in [0.05, 0.1) is 13.7 Å². The maximum Gasteiger partial charge on any atom is 0.344 e. The maximum absolute atomic E-state index is 11.9. The van der Waals surface area contributed by atoms with E-state index in [-0.39, 0.29) is 19.3 Å². The number of benzene rings is 3. The summed E-state index contributed by atoms with van der Waals surface area (Å²) in [6, 6.07) is 19.4. The zero-order valence-corrected chi connectivity index (χ0v) is 19.5. The molecular formula is C27H28O7. The number of fused-ring (bicyclic) bond motifs is 1. The molecule has 0 fully saturated rings. The van der Waals surface area contributed by atoms with Gasteiger partial charge in [0.25, 0.3) is 0 Å². The predicted molar refractivity (Wildman–Crippen MR) is 126 cm³/mol. The van der Waals surface area contributed by atoms with Crippen LogP contribution in [0.25, 0.3) is 0 Å². The van der Waals surface area contributed by atoms with Crippen LogP contribution in [-0.4, -0.2) is 33.1 Å². The summed E-state index contributed by atoms with van der Waals surface area (Å²) in [5, 5.41) is 0.